The van der Waals surface area contributed by atoms with Crippen LogP contribution in [0.25, 0.3) is 98.7 Å². The third kappa shape index (κ3) is 7.20. The Hall–Kier alpha value is -8.52. The number of hydrogen-bond donors (Lipinski definition) is 0. The zero-order valence-corrected chi connectivity index (χ0v) is 35.8. The van der Waals surface area contributed by atoms with Gasteiger partial charge in [0.1, 0.15) is 0 Å². The summed E-state index contributed by atoms with van der Waals surface area (Å²) in [7, 11) is 0. The zero-order valence-electron chi connectivity index (χ0n) is 35.8. The van der Waals surface area contributed by atoms with E-state index in [9.17, 15) is 0 Å². The Labute approximate surface area is 379 Å². The van der Waals surface area contributed by atoms with Gasteiger partial charge in [-0.05, 0) is 147 Å². The van der Waals surface area contributed by atoms with Crippen molar-refractivity contribution < 1.29 is 0 Å². The van der Waals surface area contributed by atoms with E-state index < -0.39 is 0 Å². The minimum atomic E-state index is 1.10. The Bertz CT molecular complexity index is 3610. The molecule has 0 saturated carbocycles. The van der Waals surface area contributed by atoms with Crippen molar-refractivity contribution in [3.05, 3.63) is 261 Å². The SMILES string of the molecule is c1ccc(-c2ccc(N(c3ccc(-c4ccc(-c5ccc6ccccc6c5)cc4)cc3)c3ccc(-c4ccc(-c5ccc6c7ccccc7c7ccccc7c6c5)cc4)cc3)cc2)cc1. The second-order valence-corrected chi connectivity index (χ2v) is 16.9. The summed E-state index contributed by atoms with van der Waals surface area (Å²) in [4.78, 5) is 2.35. The quantitative estimate of drug-likeness (QED) is 0.138. The monoisotopic (exact) mass is 825 g/mol. The van der Waals surface area contributed by atoms with E-state index in [-0.39, 0.29) is 0 Å². The van der Waals surface area contributed by atoms with Crippen molar-refractivity contribution in [2.24, 2.45) is 0 Å². The highest BCUT2D eigenvalue weighted by molar-refractivity contribution is 6.25. The second-order valence-electron chi connectivity index (χ2n) is 16.9. The van der Waals surface area contributed by atoms with Gasteiger partial charge in [-0.2, -0.15) is 0 Å². The van der Waals surface area contributed by atoms with Crippen molar-refractivity contribution in [1.82, 2.24) is 0 Å². The highest BCUT2D eigenvalue weighted by Crippen LogP contribution is 2.40. The number of fused-ring (bicyclic) bond motifs is 7. The van der Waals surface area contributed by atoms with Gasteiger partial charge in [-0.1, -0.05) is 212 Å². The molecular weight excluding hydrogens is 783 g/mol. The van der Waals surface area contributed by atoms with Gasteiger partial charge in [0.15, 0.2) is 0 Å². The molecule has 0 bridgehead atoms. The second kappa shape index (κ2) is 16.3. The van der Waals surface area contributed by atoms with Crippen LogP contribution in [0, 0.1) is 0 Å². The minimum Gasteiger partial charge on any atom is -0.311 e. The molecule has 0 aliphatic heterocycles. The first kappa shape index (κ1) is 38.2. The Morgan fingerprint density at radius 2 is 0.462 bits per heavy atom. The number of nitrogens with zero attached hydrogens (tertiary/aromatic N) is 1. The molecule has 12 aromatic rings. The van der Waals surface area contributed by atoms with Crippen LogP contribution in [0.5, 0.6) is 0 Å². The van der Waals surface area contributed by atoms with Crippen molar-refractivity contribution in [2.75, 3.05) is 4.90 Å². The lowest BCUT2D eigenvalue weighted by Crippen LogP contribution is -2.09. The fourth-order valence-electron chi connectivity index (χ4n) is 9.65. The number of benzene rings is 12. The van der Waals surface area contributed by atoms with Crippen LogP contribution in [0.3, 0.4) is 0 Å². The van der Waals surface area contributed by atoms with Crippen LogP contribution < -0.4 is 4.90 Å². The summed E-state index contributed by atoms with van der Waals surface area (Å²) < 4.78 is 0. The maximum absolute atomic E-state index is 2.37. The topological polar surface area (TPSA) is 3.24 Å². The molecule has 0 unspecified atom stereocenters. The summed E-state index contributed by atoms with van der Waals surface area (Å²) in [6.45, 7) is 0. The highest BCUT2D eigenvalue weighted by Gasteiger charge is 2.15. The summed E-state index contributed by atoms with van der Waals surface area (Å²) in [5, 5.41) is 10.3. The van der Waals surface area contributed by atoms with Gasteiger partial charge >= 0.3 is 0 Å². The molecule has 0 saturated heterocycles. The molecule has 1 nitrogen and oxygen atoms in total. The van der Waals surface area contributed by atoms with Gasteiger partial charge in [0.25, 0.3) is 0 Å². The molecule has 0 aromatic heterocycles. The molecule has 304 valence electrons. The lowest BCUT2D eigenvalue weighted by atomic mass is 9.92. The molecular formula is C64H43N. The molecule has 0 spiro atoms. The normalized spacial score (nSPS) is 11.4. The van der Waals surface area contributed by atoms with E-state index in [1.807, 2.05) is 0 Å². The summed E-state index contributed by atoms with van der Waals surface area (Å²) in [6.07, 6.45) is 0. The molecule has 1 heteroatoms. The van der Waals surface area contributed by atoms with Crippen LogP contribution in [0.4, 0.5) is 17.1 Å². The predicted molar refractivity (Wildman–Crippen MR) is 278 cm³/mol. The van der Waals surface area contributed by atoms with Crippen LogP contribution in [0.15, 0.2) is 261 Å². The third-order valence-corrected chi connectivity index (χ3v) is 13.1. The maximum atomic E-state index is 2.37. The van der Waals surface area contributed by atoms with E-state index in [0.717, 1.165) is 17.1 Å². The maximum Gasteiger partial charge on any atom is 0.0462 e. The average Bonchev–Trinajstić information content (AvgIpc) is 3.39. The van der Waals surface area contributed by atoms with Gasteiger partial charge in [0.2, 0.25) is 0 Å². The van der Waals surface area contributed by atoms with Crippen LogP contribution in [0.1, 0.15) is 0 Å². The lowest BCUT2D eigenvalue weighted by molar-refractivity contribution is 1.28. The van der Waals surface area contributed by atoms with E-state index in [4.69, 9.17) is 0 Å². The van der Waals surface area contributed by atoms with Crippen LogP contribution in [0.2, 0.25) is 0 Å². The van der Waals surface area contributed by atoms with Gasteiger partial charge in [-0.15, -0.1) is 0 Å². The van der Waals surface area contributed by atoms with Crippen molar-refractivity contribution >= 4 is 60.2 Å². The van der Waals surface area contributed by atoms with Crippen molar-refractivity contribution in [3.8, 4) is 55.6 Å². The highest BCUT2D eigenvalue weighted by atomic mass is 15.1. The van der Waals surface area contributed by atoms with Crippen LogP contribution >= 0.6 is 0 Å². The molecule has 0 radical (unpaired) electrons. The Morgan fingerprint density at radius 3 is 0.923 bits per heavy atom. The Kier molecular flexibility index (Phi) is 9.58. The van der Waals surface area contributed by atoms with Gasteiger partial charge in [-0.25, -0.2) is 0 Å². The number of anilines is 3. The van der Waals surface area contributed by atoms with Crippen molar-refractivity contribution in [2.45, 2.75) is 0 Å². The molecule has 12 rings (SSSR count). The van der Waals surface area contributed by atoms with E-state index in [1.165, 1.54) is 98.7 Å². The lowest BCUT2D eigenvalue weighted by Gasteiger charge is -2.26. The molecule has 12 aromatic carbocycles. The molecule has 0 atom stereocenters. The molecule has 0 aliphatic carbocycles. The smallest absolute Gasteiger partial charge is 0.0462 e. The zero-order chi connectivity index (χ0) is 43.1. The van der Waals surface area contributed by atoms with Gasteiger partial charge in [0, 0.05) is 17.1 Å². The van der Waals surface area contributed by atoms with Gasteiger partial charge in [0.05, 0.1) is 0 Å². The van der Waals surface area contributed by atoms with Gasteiger partial charge < -0.3 is 4.90 Å². The van der Waals surface area contributed by atoms with Crippen LogP contribution in [-0.2, 0) is 0 Å². The minimum absolute atomic E-state index is 1.10. The molecule has 65 heavy (non-hydrogen) atoms. The predicted octanol–water partition coefficient (Wildman–Crippen LogP) is 18.1. The summed E-state index contributed by atoms with van der Waals surface area (Å²) in [5.74, 6) is 0. The first-order valence-electron chi connectivity index (χ1n) is 22.4. The fourth-order valence-corrected chi connectivity index (χ4v) is 9.65. The summed E-state index contributed by atoms with van der Waals surface area (Å²) >= 11 is 0. The molecule has 0 N–H and O–H groups in total. The largest absolute Gasteiger partial charge is 0.311 e. The van der Waals surface area contributed by atoms with Gasteiger partial charge in [-0.3, -0.25) is 0 Å². The third-order valence-electron chi connectivity index (χ3n) is 13.1. The van der Waals surface area contributed by atoms with Crippen molar-refractivity contribution in [3.63, 3.8) is 0 Å². The first-order valence-corrected chi connectivity index (χ1v) is 22.4. The van der Waals surface area contributed by atoms with Crippen molar-refractivity contribution in [1.29, 1.82) is 0 Å². The number of rotatable bonds is 8. The Morgan fingerprint density at radius 1 is 0.169 bits per heavy atom. The Balaban J connectivity index is 0.840. The molecule has 0 aliphatic rings. The fraction of sp³-hybridized carbons (Fsp3) is 0. The summed E-state index contributed by atoms with van der Waals surface area (Å²) in [5.41, 5.74) is 15.3. The van der Waals surface area contributed by atoms with E-state index in [0.29, 0.717) is 0 Å². The standard InChI is InChI=1S/C64H43N/c1-2-10-44(11-3-1)48-28-35-56(36-29-48)65(57-37-30-49(31-38-57)46-18-22-51(23-19-46)54-27-26-45-12-4-5-13-53(45)42-54)58-39-32-50(33-40-58)47-20-24-52(25-21-47)55-34-41-63-61-16-7-6-14-59(61)60-15-8-9-17-62(60)64(63)43-55/h1-43H. The summed E-state index contributed by atoms with van der Waals surface area (Å²) in [6, 6.07) is 95.1. The number of hydrogen-bond acceptors (Lipinski definition) is 1. The average molecular weight is 826 g/mol. The van der Waals surface area contributed by atoms with E-state index in [1.54, 1.807) is 0 Å². The van der Waals surface area contributed by atoms with E-state index >= 15 is 0 Å². The molecule has 0 heterocycles. The van der Waals surface area contributed by atoms with Crippen LogP contribution in [-0.4, -0.2) is 0 Å². The van der Waals surface area contributed by atoms with E-state index in [2.05, 4.69) is 266 Å². The molecule has 0 fully saturated rings. The molecule has 0 amide bonds. The first-order chi connectivity index (χ1) is 32.2.